The van der Waals surface area contributed by atoms with Gasteiger partial charge in [-0.05, 0) is 68.3 Å². The van der Waals surface area contributed by atoms with E-state index in [9.17, 15) is 0 Å². The maximum Gasteiger partial charge on any atom is 0.00749 e. The maximum absolute atomic E-state index is 5.66. The van der Waals surface area contributed by atoms with E-state index in [2.05, 4.69) is 32.0 Å². The van der Waals surface area contributed by atoms with E-state index in [1.165, 1.54) is 41.0 Å². The van der Waals surface area contributed by atoms with Crippen molar-refractivity contribution in [3.8, 4) is 0 Å². The van der Waals surface area contributed by atoms with E-state index in [1.807, 2.05) is 11.8 Å². The van der Waals surface area contributed by atoms with Gasteiger partial charge in [0.05, 0.1) is 0 Å². The molecule has 0 atom stereocenters. The lowest BCUT2D eigenvalue weighted by molar-refractivity contribution is 0.537. The van der Waals surface area contributed by atoms with Crippen LogP contribution in [0.1, 0.15) is 30.4 Å². The lowest BCUT2D eigenvalue weighted by atomic mass is 10.1. The summed E-state index contributed by atoms with van der Waals surface area (Å²) in [6, 6.07) is 6.77. The quantitative estimate of drug-likeness (QED) is 0.790. The van der Waals surface area contributed by atoms with E-state index in [-0.39, 0.29) is 0 Å². The maximum atomic E-state index is 5.66. The molecule has 1 aromatic carbocycles. The SMILES string of the molecule is Cc1ccc(SCC2(CCN)CC2)cc1C. The molecule has 0 aliphatic heterocycles. The lowest BCUT2D eigenvalue weighted by Crippen LogP contribution is -2.11. The molecule has 0 radical (unpaired) electrons. The zero-order valence-electron chi connectivity index (χ0n) is 10.3. The Labute approximate surface area is 103 Å². The van der Waals surface area contributed by atoms with Gasteiger partial charge in [0.2, 0.25) is 0 Å². The van der Waals surface area contributed by atoms with Crippen LogP contribution in [0.4, 0.5) is 0 Å². The highest BCUT2D eigenvalue weighted by molar-refractivity contribution is 7.99. The molecule has 1 nitrogen and oxygen atoms in total. The van der Waals surface area contributed by atoms with Gasteiger partial charge in [-0.3, -0.25) is 0 Å². The van der Waals surface area contributed by atoms with Gasteiger partial charge in [0.25, 0.3) is 0 Å². The number of nitrogens with two attached hydrogens (primary N) is 1. The molecule has 0 aromatic heterocycles. The van der Waals surface area contributed by atoms with Crippen LogP contribution >= 0.6 is 11.8 Å². The van der Waals surface area contributed by atoms with Crippen LogP contribution < -0.4 is 5.73 Å². The summed E-state index contributed by atoms with van der Waals surface area (Å²) in [5.41, 5.74) is 9.02. The minimum Gasteiger partial charge on any atom is -0.330 e. The van der Waals surface area contributed by atoms with Crippen molar-refractivity contribution >= 4 is 11.8 Å². The van der Waals surface area contributed by atoms with Gasteiger partial charge < -0.3 is 5.73 Å². The van der Waals surface area contributed by atoms with E-state index in [0.29, 0.717) is 5.41 Å². The minimum absolute atomic E-state index is 0.582. The van der Waals surface area contributed by atoms with Crippen molar-refractivity contribution in [1.82, 2.24) is 0 Å². The Hall–Kier alpha value is -0.470. The summed E-state index contributed by atoms with van der Waals surface area (Å²) in [4.78, 5) is 1.41. The van der Waals surface area contributed by atoms with E-state index >= 15 is 0 Å². The average molecular weight is 235 g/mol. The predicted molar refractivity (Wildman–Crippen MR) is 72.0 cm³/mol. The molecule has 1 aliphatic rings. The summed E-state index contributed by atoms with van der Waals surface area (Å²) in [5.74, 6) is 1.24. The van der Waals surface area contributed by atoms with Crippen molar-refractivity contribution < 1.29 is 0 Å². The monoisotopic (exact) mass is 235 g/mol. The summed E-state index contributed by atoms with van der Waals surface area (Å²) in [7, 11) is 0. The second kappa shape index (κ2) is 4.80. The van der Waals surface area contributed by atoms with Gasteiger partial charge in [-0.15, -0.1) is 11.8 Å². The summed E-state index contributed by atoms with van der Waals surface area (Å²) < 4.78 is 0. The Bertz CT molecular complexity index is 369. The van der Waals surface area contributed by atoms with Gasteiger partial charge in [-0.25, -0.2) is 0 Å². The molecule has 1 saturated carbocycles. The smallest absolute Gasteiger partial charge is 0.00749 e. The molecule has 0 spiro atoms. The molecule has 2 rings (SSSR count). The van der Waals surface area contributed by atoms with Crippen LogP contribution in [-0.4, -0.2) is 12.3 Å². The molecule has 0 saturated heterocycles. The van der Waals surface area contributed by atoms with Gasteiger partial charge in [-0.2, -0.15) is 0 Å². The number of aryl methyl sites for hydroxylation is 2. The number of hydrogen-bond acceptors (Lipinski definition) is 2. The van der Waals surface area contributed by atoms with Gasteiger partial charge in [0.1, 0.15) is 0 Å². The Morgan fingerprint density at radius 2 is 2.00 bits per heavy atom. The molecule has 1 aliphatic carbocycles. The number of benzene rings is 1. The normalized spacial score (nSPS) is 17.4. The molecular weight excluding hydrogens is 214 g/mol. The van der Waals surface area contributed by atoms with Gasteiger partial charge in [-0.1, -0.05) is 6.07 Å². The van der Waals surface area contributed by atoms with Crippen LogP contribution in [-0.2, 0) is 0 Å². The zero-order valence-corrected chi connectivity index (χ0v) is 11.1. The molecule has 0 amide bonds. The molecule has 1 aromatic rings. The molecular formula is C14H21NS. The highest BCUT2D eigenvalue weighted by atomic mass is 32.2. The molecule has 2 N–H and O–H groups in total. The Kier molecular flexibility index (Phi) is 3.60. The van der Waals surface area contributed by atoms with Crippen LogP contribution in [0.15, 0.2) is 23.1 Å². The van der Waals surface area contributed by atoms with Crippen LogP contribution in [0.5, 0.6) is 0 Å². The molecule has 2 heteroatoms. The zero-order chi connectivity index (χ0) is 11.6. The largest absolute Gasteiger partial charge is 0.330 e. The van der Waals surface area contributed by atoms with Crippen LogP contribution in [0.2, 0.25) is 0 Å². The fourth-order valence-electron chi connectivity index (χ4n) is 1.99. The molecule has 88 valence electrons. The summed E-state index contributed by atoms with van der Waals surface area (Å²) in [5, 5.41) is 0. The third kappa shape index (κ3) is 2.80. The fraction of sp³-hybridized carbons (Fsp3) is 0.571. The first kappa shape index (κ1) is 12.0. The van der Waals surface area contributed by atoms with Crippen LogP contribution in [0.25, 0.3) is 0 Å². The third-order valence-electron chi connectivity index (χ3n) is 3.66. The van der Waals surface area contributed by atoms with E-state index in [1.54, 1.807) is 0 Å². The second-order valence-corrected chi connectivity index (χ2v) is 6.12. The number of thioether (sulfide) groups is 1. The first-order valence-electron chi connectivity index (χ1n) is 6.05. The topological polar surface area (TPSA) is 26.0 Å². The first-order valence-corrected chi connectivity index (χ1v) is 7.04. The Balaban J connectivity index is 1.92. The average Bonchev–Trinajstić information content (AvgIpc) is 3.01. The molecule has 0 heterocycles. The van der Waals surface area contributed by atoms with Crippen molar-refractivity contribution in [2.24, 2.45) is 11.1 Å². The highest BCUT2D eigenvalue weighted by Gasteiger charge is 2.41. The summed E-state index contributed by atoms with van der Waals surface area (Å²) in [6.45, 7) is 5.19. The fourth-order valence-corrected chi connectivity index (χ4v) is 3.32. The van der Waals surface area contributed by atoms with Crippen molar-refractivity contribution in [2.75, 3.05) is 12.3 Å². The van der Waals surface area contributed by atoms with E-state index in [4.69, 9.17) is 5.73 Å². The standard InChI is InChI=1S/C14H21NS/c1-11-3-4-13(9-12(11)2)16-10-14(5-6-14)7-8-15/h3-4,9H,5-8,10,15H2,1-2H3. The summed E-state index contributed by atoms with van der Waals surface area (Å²) in [6.07, 6.45) is 3.95. The molecule has 16 heavy (non-hydrogen) atoms. The van der Waals surface area contributed by atoms with Crippen molar-refractivity contribution in [3.05, 3.63) is 29.3 Å². The third-order valence-corrected chi connectivity index (χ3v) is 5.00. The van der Waals surface area contributed by atoms with E-state index in [0.717, 1.165) is 6.54 Å². The molecule has 0 bridgehead atoms. The second-order valence-electron chi connectivity index (χ2n) is 5.07. The minimum atomic E-state index is 0.582. The predicted octanol–water partition coefficient (Wildman–Crippen LogP) is 3.52. The lowest BCUT2D eigenvalue weighted by Gasteiger charge is -2.13. The van der Waals surface area contributed by atoms with Crippen molar-refractivity contribution in [1.29, 1.82) is 0 Å². The first-order chi connectivity index (χ1) is 7.65. The van der Waals surface area contributed by atoms with Crippen molar-refractivity contribution in [2.45, 2.75) is 38.0 Å². The van der Waals surface area contributed by atoms with Crippen molar-refractivity contribution in [3.63, 3.8) is 0 Å². The Morgan fingerprint density at radius 1 is 1.25 bits per heavy atom. The Morgan fingerprint density at radius 3 is 2.56 bits per heavy atom. The van der Waals surface area contributed by atoms with E-state index < -0.39 is 0 Å². The van der Waals surface area contributed by atoms with Gasteiger partial charge in [0, 0.05) is 10.6 Å². The summed E-state index contributed by atoms with van der Waals surface area (Å²) >= 11 is 2.00. The number of rotatable bonds is 5. The van der Waals surface area contributed by atoms with Crippen LogP contribution in [0.3, 0.4) is 0 Å². The van der Waals surface area contributed by atoms with Crippen LogP contribution in [0, 0.1) is 19.3 Å². The molecule has 0 unspecified atom stereocenters. The van der Waals surface area contributed by atoms with Gasteiger partial charge >= 0.3 is 0 Å². The van der Waals surface area contributed by atoms with Gasteiger partial charge in [0.15, 0.2) is 0 Å². The molecule has 1 fully saturated rings. The highest BCUT2D eigenvalue weighted by Crippen LogP contribution is 2.51. The number of hydrogen-bond donors (Lipinski definition) is 1.